The van der Waals surface area contributed by atoms with Gasteiger partial charge in [0.2, 0.25) is 0 Å². The summed E-state index contributed by atoms with van der Waals surface area (Å²) in [6.45, 7) is 2.37. The maximum Gasteiger partial charge on any atom is 0.274 e. The molecular formula is C15H17N3O3. The van der Waals surface area contributed by atoms with Gasteiger partial charge in [0.15, 0.2) is 0 Å². The maximum absolute atomic E-state index is 12.2. The molecule has 0 bridgehead atoms. The molecule has 21 heavy (non-hydrogen) atoms. The van der Waals surface area contributed by atoms with E-state index in [-0.39, 0.29) is 17.2 Å². The highest BCUT2D eigenvalue weighted by molar-refractivity contribution is 5.91. The second-order valence-corrected chi connectivity index (χ2v) is 4.78. The number of H-pyrrole nitrogens is 1. The number of hydrogen-bond acceptors (Lipinski definition) is 4. The van der Waals surface area contributed by atoms with E-state index in [0.29, 0.717) is 6.54 Å². The molecule has 1 heterocycles. The van der Waals surface area contributed by atoms with E-state index in [9.17, 15) is 9.59 Å². The average molecular weight is 287 g/mol. The largest absolute Gasteiger partial charge is 0.496 e. The van der Waals surface area contributed by atoms with Crippen molar-refractivity contribution in [1.82, 2.24) is 15.1 Å². The van der Waals surface area contributed by atoms with Gasteiger partial charge in [0, 0.05) is 25.2 Å². The van der Waals surface area contributed by atoms with Crippen molar-refractivity contribution < 1.29 is 9.53 Å². The molecule has 1 aromatic heterocycles. The van der Waals surface area contributed by atoms with Gasteiger partial charge < -0.3 is 9.64 Å². The average Bonchev–Trinajstić information content (AvgIpc) is 2.47. The molecule has 1 aromatic carbocycles. The SMILES string of the molecule is COc1ccc(C)cc1CN(C)C(=O)c1ccc(=O)[nH]n1. The highest BCUT2D eigenvalue weighted by Gasteiger charge is 2.15. The molecule has 0 saturated carbocycles. The van der Waals surface area contributed by atoms with Crippen molar-refractivity contribution >= 4 is 5.91 Å². The van der Waals surface area contributed by atoms with Crippen LogP contribution >= 0.6 is 0 Å². The summed E-state index contributed by atoms with van der Waals surface area (Å²) >= 11 is 0. The molecule has 2 rings (SSSR count). The van der Waals surface area contributed by atoms with Gasteiger partial charge in [-0.05, 0) is 19.1 Å². The molecule has 110 valence electrons. The minimum Gasteiger partial charge on any atom is -0.496 e. The van der Waals surface area contributed by atoms with E-state index >= 15 is 0 Å². The third kappa shape index (κ3) is 3.47. The van der Waals surface area contributed by atoms with Gasteiger partial charge in [-0.3, -0.25) is 9.59 Å². The number of benzene rings is 1. The second-order valence-electron chi connectivity index (χ2n) is 4.78. The van der Waals surface area contributed by atoms with Gasteiger partial charge in [0.05, 0.1) is 7.11 Å². The third-order valence-electron chi connectivity index (χ3n) is 3.09. The number of hydrogen-bond donors (Lipinski definition) is 1. The molecule has 0 spiro atoms. The standard InChI is InChI=1S/C15H17N3O3/c1-10-4-6-13(21-3)11(8-10)9-18(2)15(20)12-5-7-14(19)17-16-12/h4-8H,9H2,1-3H3,(H,17,19). The molecule has 0 aliphatic carbocycles. The van der Waals surface area contributed by atoms with Crippen molar-refractivity contribution in [2.24, 2.45) is 0 Å². The van der Waals surface area contributed by atoms with Crippen LogP contribution in [0.3, 0.4) is 0 Å². The van der Waals surface area contributed by atoms with E-state index in [4.69, 9.17) is 4.74 Å². The van der Waals surface area contributed by atoms with Crippen LogP contribution in [-0.4, -0.2) is 35.2 Å². The molecule has 2 aromatic rings. The highest BCUT2D eigenvalue weighted by atomic mass is 16.5. The van der Waals surface area contributed by atoms with Crippen LogP contribution in [0, 0.1) is 6.92 Å². The van der Waals surface area contributed by atoms with Crippen LogP contribution in [-0.2, 0) is 6.54 Å². The Kier molecular flexibility index (Phi) is 4.37. The quantitative estimate of drug-likeness (QED) is 0.921. The zero-order chi connectivity index (χ0) is 15.4. The molecule has 0 aliphatic rings. The van der Waals surface area contributed by atoms with E-state index in [0.717, 1.165) is 16.9 Å². The molecule has 1 amide bonds. The third-order valence-corrected chi connectivity index (χ3v) is 3.09. The fraction of sp³-hybridized carbons (Fsp3) is 0.267. The molecule has 0 aliphatic heterocycles. The number of carbonyl (C=O) groups excluding carboxylic acids is 1. The van der Waals surface area contributed by atoms with Crippen LogP contribution in [0.25, 0.3) is 0 Å². The Balaban J connectivity index is 2.19. The number of aryl methyl sites for hydroxylation is 1. The fourth-order valence-corrected chi connectivity index (χ4v) is 2.02. The number of aromatic amines is 1. The lowest BCUT2D eigenvalue weighted by atomic mass is 10.1. The summed E-state index contributed by atoms with van der Waals surface area (Å²) in [4.78, 5) is 24.7. The first-order chi connectivity index (χ1) is 10.0. The molecule has 0 saturated heterocycles. The predicted molar refractivity (Wildman–Crippen MR) is 78.4 cm³/mol. The van der Waals surface area contributed by atoms with Crippen molar-refractivity contribution in [1.29, 1.82) is 0 Å². The topological polar surface area (TPSA) is 75.3 Å². The summed E-state index contributed by atoms with van der Waals surface area (Å²) in [6, 6.07) is 8.49. The first kappa shape index (κ1) is 14.8. The Hall–Kier alpha value is -2.63. The molecule has 6 heteroatoms. The summed E-state index contributed by atoms with van der Waals surface area (Å²) in [7, 11) is 3.27. The van der Waals surface area contributed by atoms with Gasteiger partial charge in [0.1, 0.15) is 11.4 Å². The molecule has 0 atom stereocenters. The number of nitrogens with zero attached hydrogens (tertiary/aromatic N) is 2. The van der Waals surface area contributed by atoms with Gasteiger partial charge in [-0.2, -0.15) is 5.10 Å². The van der Waals surface area contributed by atoms with E-state index < -0.39 is 0 Å². The first-order valence-electron chi connectivity index (χ1n) is 6.46. The molecule has 6 nitrogen and oxygen atoms in total. The Bertz CT molecular complexity index is 689. The van der Waals surface area contributed by atoms with Crippen molar-refractivity contribution in [2.45, 2.75) is 13.5 Å². The zero-order valence-corrected chi connectivity index (χ0v) is 12.2. The smallest absolute Gasteiger partial charge is 0.274 e. The van der Waals surface area contributed by atoms with Crippen LogP contribution in [0.15, 0.2) is 35.1 Å². The normalized spacial score (nSPS) is 10.2. The van der Waals surface area contributed by atoms with E-state index in [2.05, 4.69) is 10.2 Å². The summed E-state index contributed by atoms with van der Waals surface area (Å²) in [6.07, 6.45) is 0. The van der Waals surface area contributed by atoms with E-state index in [1.807, 2.05) is 25.1 Å². The van der Waals surface area contributed by atoms with Crippen molar-refractivity contribution in [3.63, 3.8) is 0 Å². The number of aromatic nitrogens is 2. The van der Waals surface area contributed by atoms with Crippen LogP contribution < -0.4 is 10.3 Å². The van der Waals surface area contributed by atoms with E-state index in [1.165, 1.54) is 17.0 Å². The van der Waals surface area contributed by atoms with Crippen LogP contribution in [0.2, 0.25) is 0 Å². The van der Waals surface area contributed by atoms with Crippen LogP contribution in [0.4, 0.5) is 0 Å². The Morgan fingerprint density at radius 3 is 2.71 bits per heavy atom. The van der Waals surface area contributed by atoms with Gasteiger partial charge in [-0.15, -0.1) is 0 Å². The number of rotatable bonds is 4. The lowest BCUT2D eigenvalue weighted by Crippen LogP contribution is -2.28. The van der Waals surface area contributed by atoms with Crippen molar-refractivity contribution in [2.75, 3.05) is 14.2 Å². The molecule has 0 fully saturated rings. The second kappa shape index (κ2) is 6.21. The number of nitrogens with one attached hydrogen (secondary N) is 1. The minimum atomic E-state index is -0.338. The van der Waals surface area contributed by atoms with Crippen molar-refractivity contribution in [3.8, 4) is 5.75 Å². The maximum atomic E-state index is 12.2. The van der Waals surface area contributed by atoms with Crippen LogP contribution in [0.1, 0.15) is 21.6 Å². The highest BCUT2D eigenvalue weighted by Crippen LogP contribution is 2.21. The number of carbonyl (C=O) groups is 1. The summed E-state index contributed by atoms with van der Waals surface area (Å²) in [5.41, 5.74) is 1.87. The summed E-state index contributed by atoms with van der Waals surface area (Å²) < 4.78 is 5.30. The Morgan fingerprint density at radius 2 is 2.10 bits per heavy atom. The molecule has 0 radical (unpaired) electrons. The predicted octanol–water partition coefficient (Wildman–Crippen LogP) is 1.36. The lowest BCUT2D eigenvalue weighted by Gasteiger charge is -2.18. The molecule has 0 unspecified atom stereocenters. The van der Waals surface area contributed by atoms with E-state index in [1.54, 1.807) is 14.2 Å². The number of amides is 1. The summed E-state index contributed by atoms with van der Waals surface area (Å²) in [5.74, 6) is 0.462. The number of methoxy groups -OCH3 is 1. The minimum absolute atomic E-state index is 0.198. The summed E-state index contributed by atoms with van der Waals surface area (Å²) in [5, 5.41) is 5.99. The van der Waals surface area contributed by atoms with Gasteiger partial charge >= 0.3 is 0 Å². The number of ether oxygens (including phenoxy) is 1. The monoisotopic (exact) mass is 287 g/mol. The lowest BCUT2D eigenvalue weighted by molar-refractivity contribution is 0.0777. The fourth-order valence-electron chi connectivity index (χ4n) is 2.02. The van der Waals surface area contributed by atoms with Gasteiger partial charge in [-0.1, -0.05) is 17.7 Å². The molecule has 1 N–H and O–H groups in total. The zero-order valence-electron chi connectivity index (χ0n) is 12.2. The Morgan fingerprint density at radius 1 is 1.33 bits per heavy atom. The van der Waals surface area contributed by atoms with Gasteiger partial charge in [-0.25, -0.2) is 5.10 Å². The first-order valence-corrected chi connectivity index (χ1v) is 6.46. The Labute approximate surface area is 122 Å². The van der Waals surface area contributed by atoms with Gasteiger partial charge in [0.25, 0.3) is 11.5 Å². The van der Waals surface area contributed by atoms with Crippen LogP contribution in [0.5, 0.6) is 5.75 Å². The molecular weight excluding hydrogens is 270 g/mol. The van der Waals surface area contributed by atoms with Crippen molar-refractivity contribution in [3.05, 3.63) is 57.5 Å².